The van der Waals surface area contributed by atoms with E-state index in [9.17, 15) is 4.79 Å². The lowest BCUT2D eigenvalue weighted by Gasteiger charge is -2.21. The van der Waals surface area contributed by atoms with Crippen molar-refractivity contribution in [2.75, 3.05) is 5.73 Å². The van der Waals surface area contributed by atoms with Gasteiger partial charge in [0, 0.05) is 17.7 Å². The number of hydrogen-bond donors (Lipinski definition) is 1. The minimum Gasteiger partial charge on any atom is -0.398 e. The zero-order valence-electron chi connectivity index (χ0n) is 10.5. The molecule has 2 rings (SSSR count). The van der Waals surface area contributed by atoms with Gasteiger partial charge in [-0.1, -0.05) is 44.2 Å². The van der Waals surface area contributed by atoms with Gasteiger partial charge in [-0.25, -0.2) is 0 Å². The van der Waals surface area contributed by atoms with E-state index >= 15 is 0 Å². The largest absolute Gasteiger partial charge is 0.398 e. The van der Waals surface area contributed by atoms with Gasteiger partial charge in [-0.05, 0) is 24.5 Å². The lowest BCUT2D eigenvalue weighted by molar-refractivity contribution is 0.0949. The highest BCUT2D eigenvalue weighted by Gasteiger charge is 2.19. The van der Waals surface area contributed by atoms with Crippen LogP contribution in [-0.2, 0) is 0 Å². The second-order valence-electron chi connectivity index (χ2n) is 5.15. The maximum absolute atomic E-state index is 12.2. The van der Waals surface area contributed by atoms with E-state index in [2.05, 4.69) is 0 Å². The molecule has 0 saturated heterocycles. The van der Waals surface area contributed by atoms with E-state index in [0.29, 0.717) is 12.3 Å². The Morgan fingerprint density at radius 2 is 2.00 bits per heavy atom. The van der Waals surface area contributed by atoms with Gasteiger partial charge in [-0.15, -0.1) is 0 Å². The fourth-order valence-corrected chi connectivity index (χ4v) is 2.72. The molecular formula is C15H21NO. The molecular weight excluding hydrogens is 210 g/mol. The number of rotatable bonds is 3. The molecule has 0 unspecified atom stereocenters. The molecule has 0 aromatic heterocycles. The van der Waals surface area contributed by atoms with Gasteiger partial charge in [0.2, 0.25) is 0 Å². The van der Waals surface area contributed by atoms with Crippen LogP contribution >= 0.6 is 0 Å². The van der Waals surface area contributed by atoms with Crippen molar-refractivity contribution in [3.8, 4) is 0 Å². The number of hydrogen-bond acceptors (Lipinski definition) is 2. The summed E-state index contributed by atoms with van der Waals surface area (Å²) in [5, 5.41) is 0. The number of carbonyl (C=O) groups is 1. The summed E-state index contributed by atoms with van der Waals surface area (Å²) in [6.45, 7) is 1.93. The molecule has 17 heavy (non-hydrogen) atoms. The molecule has 0 aliphatic heterocycles. The standard InChI is InChI=1S/C15H21NO/c1-11-13(8-5-9-14(11)16)15(17)10-12-6-3-2-4-7-12/h5,8-9,12H,2-4,6-7,10,16H2,1H3. The number of ketones is 1. The number of nitrogens with two attached hydrogens (primary N) is 1. The molecule has 1 aromatic rings. The van der Waals surface area contributed by atoms with Gasteiger partial charge in [0.1, 0.15) is 0 Å². The van der Waals surface area contributed by atoms with E-state index in [0.717, 1.165) is 16.8 Å². The SMILES string of the molecule is Cc1c(N)cccc1C(=O)CC1CCCCC1. The summed E-state index contributed by atoms with van der Waals surface area (Å²) >= 11 is 0. The summed E-state index contributed by atoms with van der Waals surface area (Å²) in [5.41, 5.74) is 8.31. The monoisotopic (exact) mass is 231 g/mol. The summed E-state index contributed by atoms with van der Waals surface area (Å²) in [4.78, 5) is 12.2. The zero-order valence-corrected chi connectivity index (χ0v) is 10.5. The van der Waals surface area contributed by atoms with Gasteiger partial charge < -0.3 is 5.73 Å². The molecule has 2 N–H and O–H groups in total. The lowest BCUT2D eigenvalue weighted by Crippen LogP contribution is -2.13. The van der Waals surface area contributed by atoms with E-state index in [1.165, 1.54) is 32.1 Å². The molecule has 0 bridgehead atoms. The number of anilines is 1. The normalized spacial score (nSPS) is 17.0. The van der Waals surface area contributed by atoms with Gasteiger partial charge in [-0.3, -0.25) is 4.79 Å². The predicted molar refractivity (Wildman–Crippen MR) is 71.1 cm³/mol. The van der Waals surface area contributed by atoms with Gasteiger partial charge in [-0.2, -0.15) is 0 Å². The van der Waals surface area contributed by atoms with Crippen LogP contribution in [0.15, 0.2) is 18.2 Å². The van der Waals surface area contributed by atoms with Crippen LogP contribution in [0.2, 0.25) is 0 Å². The van der Waals surface area contributed by atoms with Crippen molar-refractivity contribution in [2.24, 2.45) is 5.92 Å². The van der Waals surface area contributed by atoms with Crippen LogP contribution in [0.25, 0.3) is 0 Å². The Morgan fingerprint density at radius 1 is 1.29 bits per heavy atom. The molecule has 0 radical (unpaired) electrons. The van der Waals surface area contributed by atoms with E-state index in [4.69, 9.17) is 5.73 Å². The molecule has 92 valence electrons. The summed E-state index contributed by atoms with van der Waals surface area (Å²) in [6.07, 6.45) is 7.04. The van der Waals surface area contributed by atoms with Gasteiger partial charge in [0.05, 0.1) is 0 Å². The van der Waals surface area contributed by atoms with Crippen molar-refractivity contribution < 1.29 is 4.79 Å². The van der Waals surface area contributed by atoms with Gasteiger partial charge in [0.25, 0.3) is 0 Å². The molecule has 0 spiro atoms. The quantitative estimate of drug-likeness (QED) is 0.636. The van der Waals surface area contributed by atoms with Crippen LogP contribution in [0.1, 0.15) is 54.4 Å². The number of benzene rings is 1. The van der Waals surface area contributed by atoms with E-state index in [1.807, 2.05) is 25.1 Å². The minimum atomic E-state index is 0.265. The smallest absolute Gasteiger partial charge is 0.163 e. The molecule has 2 nitrogen and oxygen atoms in total. The molecule has 1 saturated carbocycles. The fourth-order valence-electron chi connectivity index (χ4n) is 2.72. The Hall–Kier alpha value is -1.31. The molecule has 0 amide bonds. The van der Waals surface area contributed by atoms with Crippen molar-refractivity contribution in [3.05, 3.63) is 29.3 Å². The maximum atomic E-state index is 12.2. The van der Waals surface area contributed by atoms with Crippen LogP contribution in [0.3, 0.4) is 0 Å². The van der Waals surface area contributed by atoms with Crippen molar-refractivity contribution in [1.29, 1.82) is 0 Å². The summed E-state index contributed by atoms with van der Waals surface area (Å²) in [5.74, 6) is 0.860. The number of nitrogen functional groups attached to an aromatic ring is 1. The second kappa shape index (κ2) is 5.35. The first-order chi connectivity index (χ1) is 8.18. The summed E-state index contributed by atoms with van der Waals surface area (Å²) in [7, 11) is 0. The topological polar surface area (TPSA) is 43.1 Å². The van der Waals surface area contributed by atoms with Crippen molar-refractivity contribution in [1.82, 2.24) is 0 Å². The number of Topliss-reactive ketones (excluding diaryl/α,β-unsaturated/α-hetero) is 1. The lowest BCUT2D eigenvalue weighted by atomic mass is 9.84. The zero-order chi connectivity index (χ0) is 12.3. The summed E-state index contributed by atoms with van der Waals surface area (Å²) < 4.78 is 0. The first-order valence-corrected chi connectivity index (χ1v) is 6.57. The van der Waals surface area contributed by atoms with Gasteiger partial charge >= 0.3 is 0 Å². The Labute approximate surface area is 103 Å². The Kier molecular flexibility index (Phi) is 3.82. The Balaban J connectivity index is 2.06. The molecule has 0 heterocycles. The van der Waals surface area contributed by atoms with Crippen LogP contribution in [-0.4, -0.2) is 5.78 Å². The summed E-state index contributed by atoms with van der Waals surface area (Å²) in [6, 6.07) is 5.63. The average molecular weight is 231 g/mol. The minimum absolute atomic E-state index is 0.265. The Bertz CT molecular complexity index is 405. The van der Waals surface area contributed by atoms with E-state index in [1.54, 1.807) is 0 Å². The highest BCUT2D eigenvalue weighted by atomic mass is 16.1. The van der Waals surface area contributed by atoms with Crippen LogP contribution in [0.5, 0.6) is 0 Å². The van der Waals surface area contributed by atoms with Crippen LogP contribution < -0.4 is 5.73 Å². The third-order valence-corrected chi connectivity index (χ3v) is 3.87. The van der Waals surface area contributed by atoms with Gasteiger partial charge in [0.15, 0.2) is 5.78 Å². The first kappa shape index (κ1) is 12.2. The van der Waals surface area contributed by atoms with Crippen LogP contribution in [0.4, 0.5) is 5.69 Å². The predicted octanol–water partition coefficient (Wildman–Crippen LogP) is 3.73. The average Bonchev–Trinajstić information content (AvgIpc) is 2.34. The van der Waals surface area contributed by atoms with E-state index in [-0.39, 0.29) is 5.78 Å². The highest BCUT2D eigenvalue weighted by Crippen LogP contribution is 2.28. The highest BCUT2D eigenvalue weighted by molar-refractivity contribution is 5.98. The molecule has 2 heteroatoms. The van der Waals surface area contributed by atoms with E-state index < -0.39 is 0 Å². The third kappa shape index (κ3) is 2.87. The number of carbonyl (C=O) groups excluding carboxylic acids is 1. The maximum Gasteiger partial charge on any atom is 0.163 e. The third-order valence-electron chi connectivity index (χ3n) is 3.87. The van der Waals surface area contributed by atoms with Crippen molar-refractivity contribution in [2.45, 2.75) is 45.4 Å². The second-order valence-corrected chi connectivity index (χ2v) is 5.15. The van der Waals surface area contributed by atoms with Crippen molar-refractivity contribution in [3.63, 3.8) is 0 Å². The molecule has 1 aromatic carbocycles. The van der Waals surface area contributed by atoms with Crippen molar-refractivity contribution >= 4 is 11.5 Å². The molecule has 0 atom stereocenters. The molecule has 1 aliphatic rings. The Morgan fingerprint density at radius 3 is 2.71 bits per heavy atom. The fraction of sp³-hybridized carbons (Fsp3) is 0.533. The molecule has 1 fully saturated rings. The van der Waals surface area contributed by atoms with Crippen LogP contribution in [0, 0.1) is 12.8 Å². The first-order valence-electron chi connectivity index (χ1n) is 6.57. The molecule has 1 aliphatic carbocycles.